The van der Waals surface area contributed by atoms with Gasteiger partial charge in [-0.1, -0.05) is 20.3 Å². The van der Waals surface area contributed by atoms with Crippen molar-refractivity contribution in [1.29, 1.82) is 0 Å². The van der Waals surface area contributed by atoms with Gasteiger partial charge in [-0.2, -0.15) is 0 Å². The zero-order chi connectivity index (χ0) is 12.8. The van der Waals surface area contributed by atoms with E-state index in [9.17, 15) is 0 Å². The van der Waals surface area contributed by atoms with Gasteiger partial charge in [0.05, 0.1) is 6.54 Å². The second kappa shape index (κ2) is 6.93. The van der Waals surface area contributed by atoms with Gasteiger partial charge in [0.15, 0.2) is 0 Å². The number of nitrogens with zero attached hydrogens (tertiary/aromatic N) is 2. The average Bonchev–Trinajstić information content (AvgIpc) is 2.85. The molecule has 0 aliphatic heterocycles. The van der Waals surface area contributed by atoms with E-state index in [-0.39, 0.29) is 0 Å². The molecule has 18 heavy (non-hydrogen) atoms. The molecule has 1 N–H and O–H groups in total. The fourth-order valence-electron chi connectivity index (χ4n) is 2.96. The molecule has 0 spiro atoms. The molecule has 0 radical (unpaired) electrons. The average molecular weight is 249 g/mol. The highest BCUT2D eigenvalue weighted by Gasteiger charge is 2.19. The summed E-state index contributed by atoms with van der Waals surface area (Å²) in [5.41, 5.74) is 0. The highest BCUT2D eigenvalue weighted by atomic mass is 15.1. The number of hydrogen-bond acceptors (Lipinski definition) is 2. The summed E-state index contributed by atoms with van der Waals surface area (Å²) in [6, 6.07) is 0.708. The predicted molar refractivity (Wildman–Crippen MR) is 75.4 cm³/mol. The molecule has 1 aromatic rings. The van der Waals surface area contributed by atoms with Crippen LogP contribution in [0.4, 0.5) is 0 Å². The molecular weight excluding hydrogens is 222 g/mol. The number of hydrogen-bond donors (Lipinski definition) is 1. The van der Waals surface area contributed by atoms with E-state index in [0.29, 0.717) is 6.04 Å². The molecule has 3 nitrogen and oxygen atoms in total. The zero-order valence-electron chi connectivity index (χ0n) is 11.9. The molecular formula is C15H27N3. The van der Waals surface area contributed by atoms with E-state index in [1.54, 1.807) is 0 Å². The molecule has 0 saturated heterocycles. The highest BCUT2D eigenvalue weighted by molar-refractivity contribution is 4.92. The van der Waals surface area contributed by atoms with Crippen LogP contribution in [0.1, 0.15) is 58.2 Å². The van der Waals surface area contributed by atoms with Crippen molar-refractivity contribution in [1.82, 2.24) is 14.9 Å². The maximum atomic E-state index is 4.45. The molecule has 1 heterocycles. The van der Waals surface area contributed by atoms with E-state index in [0.717, 1.165) is 19.0 Å². The minimum Gasteiger partial charge on any atom is -0.334 e. The van der Waals surface area contributed by atoms with Gasteiger partial charge in [0.2, 0.25) is 0 Å². The highest BCUT2D eigenvalue weighted by Crippen LogP contribution is 2.26. The third kappa shape index (κ3) is 3.58. The van der Waals surface area contributed by atoms with Crippen LogP contribution in [0.25, 0.3) is 0 Å². The zero-order valence-corrected chi connectivity index (χ0v) is 11.9. The Morgan fingerprint density at radius 1 is 1.28 bits per heavy atom. The maximum Gasteiger partial charge on any atom is 0.122 e. The van der Waals surface area contributed by atoms with Gasteiger partial charge < -0.3 is 9.88 Å². The summed E-state index contributed by atoms with van der Waals surface area (Å²) in [7, 11) is 0. The lowest BCUT2D eigenvalue weighted by molar-refractivity contribution is 0.283. The van der Waals surface area contributed by atoms with Gasteiger partial charge in [0, 0.05) is 25.0 Å². The van der Waals surface area contributed by atoms with E-state index >= 15 is 0 Å². The fourth-order valence-corrected chi connectivity index (χ4v) is 2.96. The molecule has 1 aliphatic rings. The number of nitrogens with one attached hydrogen (secondary N) is 1. The van der Waals surface area contributed by atoms with Crippen LogP contribution in [0.5, 0.6) is 0 Å². The van der Waals surface area contributed by atoms with Crippen LogP contribution in [0.2, 0.25) is 0 Å². The van der Waals surface area contributed by atoms with E-state index in [4.69, 9.17) is 0 Å². The predicted octanol–water partition coefficient (Wildman–Crippen LogP) is 3.35. The van der Waals surface area contributed by atoms with Gasteiger partial charge in [-0.05, 0) is 38.0 Å². The van der Waals surface area contributed by atoms with E-state index in [2.05, 4.69) is 34.9 Å². The van der Waals surface area contributed by atoms with Crippen molar-refractivity contribution in [3.8, 4) is 0 Å². The first-order valence-electron chi connectivity index (χ1n) is 7.56. The fraction of sp³-hybridized carbons (Fsp3) is 0.800. The Kier molecular flexibility index (Phi) is 5.24. The quantitative estimate of drug-likeness (QED) is 0.838. The summed E-state index contributed by atoms with van der Waals surface area (Å²) >= 11 is 0. The number of aromatic nitrogens is 2. The van der Waals surface area contributed by atoms with E-state index in [1.165, 1.54) is 44.3 Å². The van der Waals surface area contributed by atoms with Crippen LogP contribution in [-0.4, -0.2) is 15.6 Å². The van der Waals surface area contributed by atoms with Crippen LogP contribution in [0.15, 0.2) is 12.4 Å². The number of rotatable bonds is 6. The molecule has 0 aromatic carbocycles. The minimum absolute atomic E-state index is 0.708. The summed E-state index contributed by atoms with van der Waals surface area (Å²) in [4.78, 5) is 4.45. The molecule has 1 aliphatic carbocycles. The standard InChI is InChI=1S/C15H27N3/c1-3-10-18-11-9-16-15(18)12-17-14-7-5-13(4-2)6-8-14/h9,11,13-14,17H,3-8,10,12H2,1-2H3. The number of imidazole rings is 1. The summed E-state index contributed by atoms with van der Waals surface area (Å²) in [6.07, 6.45) is 12.0. The molecule has 0 atom stereocenters. The molecule has 0 unspecified atom stereocenters. The lowest BCUT2D eigenvalue weighted by atomic mass is 9.84. The van der Waals surface area contributed by atoms with Gasteiger partial charge in [-0.25, -0.2) is 4.98 Å². The summed E-state index contributed by atoms with van der Waals surface area (Å²) in [5.74, 6) is 2.17. The first-order chi connectivity index (χ1) is 8.83. The van der Waals surface area contributed by atoms with Gasteiger partial charge in [0.1, 0.15) is 5.82 Å². The monoisotopic (exact) mass is 249 g/mol. The molecule has 102 valence electrons. The van der Waals surface area contributed by atoms with Gasteiger partial charge in [-0.15, -0.1) is 0 Å². The van der Waals surface area contributed by atoms with Crippen molar-refractivity contribution < 1.29 is 0 Å². The molecule has 2 rings (SSSR count). The Labute approximate surface area is 111 Å². The summed E-state index contributed by atoms with van der Waals surface area (Å²) in [5, 5.41) is 3.68. The van der Waals surface area contributed by atoms with Crippen LogP contribution in [0, 0.1) is 5.92 Å². The first kappa shape index (κ1) is 13.6. The van der Waals surface area contributed by atoms with Gasteiger partial charge >= 0.3 is 0 Å². The van der Waals surface area contributed by atoms with Crippen molar-refractivity contribution in [2.45, 2.75) is 71.5 Å². The molecule has 0 bridgehead atoms. The molecule has 0 amide bonds. The Balaban J connectivity index is 1.76. The van der Waals surface area contributed by atoms with Crippen molar-refractivity contribution >= 4 is 0 Å². The molecule has 1 saturated carbocycles. The molecule has 1 fully saturated rings. The lowest BCUT2D eigenvalue weighted by Gasteiger charge is -2.28. The van der Waals surface area contributed by atoms with Crippen LogP contribution in [-0.2, 0) is 13.1 Å². The maximum absolute atomic E-state index is 4.45. The minimum atomic E-state index is 0.708. The van der Waals surface area contributed by atoms with Crippen LogP contribution in [0.3, 0.4) is 0 Å². The van der Waals surface area contributed by atoms with E-state index in [1.807, 2.05) is 6.20 Å². The van der Waals surface area contributed by atoms with Crippen molar-refractivity contribution in [2.24, 2.45) is 5.92 Å². The summed E-state index contributed by atoms with van der Waals surface area (Å²) in [6.45, 7) is 6.54. The lowest BCUT2D eigenvalue weighted by Crippen LogP contribution is -2.33. The number of aryl methyl sites for hydroxylation is 1. The SMILES string of the molecule is CCCn1ccnc1CNC1CCC(CC)CC1. The largest absolute Gasteiger partial charge is 0.334 e. The first-order valence-corrected chi connectivity index (χ1v) is 7.56. The third-order valence-corrected chi connectivity index (χ3v) is 4.24. The van der Waals surface area contributed by atoms with Crippen molar-refractivity contribution in [3.63, 3.8) is 0 Å². The van der Waals surface area contributed by atoms with Crippen molar-refractivity contribution in [3.05, 3.63) is 18.2 Å². The topological polar surface area (TPSA) is 29.9 Å². The van der Waals surface area contributed by atoms with E-state index < -0.39 is 0 Å². The second-order valence-electron chi connectivity index (χ2n) is 5.54. The Hall–Kier alpha value is -0.830. The van der Waals surface area contributed by atoms with Crippen molar-refractivity contribution in [2.75, 3.05) is 0 Å². The van der Waals surface area contributed by atoms with Gasteiger partial charge in [-0.3, -0.25) is 0 Å². The second-order valence-corrected chi connectivity index (χ2v) is 5.54. The smallest absolute Gasteiger partial charge is 0.122 e. The normalized spacial score (nSPS) is 24.3. The Morgan fingerprint density at radius 3 is 2.72 bits per heavy atom. The Bertz CT molecular complexity index is 337. The molecule has 3 heteroatoms. The third-order valence-electron chi connectivity index (χ3n) is 4.24. The summed E-state index contributed by atoms with van der Waals surface area (Å²) < 4.78 is 2.27. The van der Waals surface area contributed by atoms with Crippen LogP contribution >= 0.6 is 0 Å². The Morgan fingerprint density at radius 2 is 2.06 bits per heavy atom. The molecule has 1 aromatic heterocycles. The van der Waals surface area contributed by atoms with Gasteiger partial charge in [0.25, 0.3) is 0 Å². The van der Waals surface area contributed by atoms with Crippen LogP contribution < -0.4 is 5.32 Å².